The van der Waals surface area contributed by atoms with Crippen molar-refractivity contribution < 1.29 is 9.53 Å². The van der Waals surface area contributed by atoms with Crippen molar-refractivity contribution in [1.29, 1.82) is 0 Å². The molecule has 1 fully saturated rings. The van der Waals surface area contributed by atoms with Gasteiger partial charge in [-0.15, -0.1) is 0 Å². The van der Waals surface area contributed by atoms with Crippen molar-refractivity contribution in [3.05, 3.63) is 40.2 Å². The summed E-state index contributed by atoms with van der Waals surface area (Å²) in [6, 6.07) is 7.15. The summed E-state index contributed by atoms with van der Waals surface area (Å²) in [6.45, 7) is 0.383. The Kier molecular flexibility index (Phi) is 5.30. The summed E-state index contributed by atoms with van der Waals surface area (Å²) in [7, 11) is 1.60. The number of aromatic nitrogens is 1. The minimum absolute atomic E-state index is 0.0524. The number of benzene rings is 1. The summed E-state index contributed by atoms with van der Waals surface area (Å²) in [5, 5.41) is 3.89. The molecule has 5 heteroatoms. The second kappa shape index (κ2) is 7.62. The fourth-order valence-electron chi connectivity index (χ4n) is 3.55. The van der Waals surface area contributed by atoms with E-state index in [1.165, 1.54) is 19.3 Å². The highest BCUT2D eigenvalue weighted by Crippen LogP contribution is 2.27. The van der Waals surface area contributed by atoms with Gasteiger partial charge in [0.15, 0.2) is 0 Å². The van der Waals surface area contributed by atoms with E-state index in [9.17, 15) is 9.59 Å². The first-order valence-corrected chi connectivity index (χ1v) is 8.60. The molecule has 2 aromatic rings. The third kappa shape index (κ3) is 4.03. The molecule has 1 aliphatic carbocycles. The van der Waals surface area contributed by atoms with Crippen LogP contribution in [0.5, 0.6) is 0 Å². The molecule has 1 heterocycles. The van der Waals surface area contributed by atoms with Crippen molar-refractivity contribution in [2.24, 2.45) is 5.92 Å². The van der Waals surface area contributed by atoms with Crippen molar-refractivity contribution in [1.82, 2.24) is 4.98 Å². The van der Waals surface area contributed by atoms with E-state index in [0.29, 0.717) is 30.1 Å². The van der Waals surface area contributed by atoms with Crippen LogP contribution in [0.1, 0.15) is 44.1 Å². The monoisotopic (exact) mass is 328 g/mol. The highest BCUT2D eigenvalue weighted by Gasteiger charge is 2.17. The van der Waals surface area contributed by atoms with Gasteiger partial charge >= 0.3 is 0 Å². The minimum Gasteiger partial charge on any atom is -0.380 e. The van der Waals surface area contributed by atoms with Crippen molar-refractivity contribution in [2.75, 3.05) is 12.4 Å². The van der Waals surface area contributed by atoms with Crippen molar-refractivity contribution in [3.8, 4) is 0 Å². The van der Waals surface area contributed by atoms with E-state index in [0.717, 1.165) is 23.8 Å². The van der Waals surface area contributed by atoms with E-state index in [2.05, 4.69) is 10.3 Å². The van der Waals surface area contributed by atoms with Gasteiger partial charge in [-0.2, -0.15) is 0 Å². The number of ether oxygens (including phenoxy) is 1. The highest BCUT2D eigenvalue weighted by atomic mass is 16.5. The first kappa shape index (κ1) is 16.7. The molecule has 0 unspecified atom stereocenters. The lowest BCUT2D eigenvalue weighted by Gasteiger charge is -2.20. The van der Waals surface area contributed by atoms with Crippen LogP contribution < -0.4 is 10.9 Å². The number of aromatic amines is 1. The van der Waals surface area contributed by atoms with Crippen molar-refractivity contribution in [3.63, 3.8) is 0 Å². The molecule has 24 heavy (non-hydrogen) atoms. The molecule has 1 aliphatic rings. The van der Waals surface area contributed by atoms with Crippen LogP contribution in [-0.2, 0) is 16.1 Å². The van der Waals surface area contributed by atoms with Crippen LogP contribution in [0.25, 0.3) is 10.9 Å². The Morgan fingerprint density at radius 1 is 1.25 bits per heavy atom. The molecule has 0 atom stereocenters. The van der Waals surface area contributed by atoms with Crippen LogP contribution in [0, 0.1) is 5.92 Å². The fraction of sp³-hybridized carbons (Fsp3) is 0.474. The Morgan fingerprint density at radius 3 is 2.79 bits per heavy atom. The van der Waals surface area contributed by atoms with E-state index in [1.54, 1.807) is 13.2 Å². The number of hydrogen-bond donors (Lipinski definition) is 2. The third-order valence-electron chi connectivity index (χ3n) is 4.71. The number of carbonyl (C=O) groups excluding carboxylic acids is 1. The van der Waals surface area contributed by atoms with E-state index in [4.69, 9.17) is 4.74 Å². The molecule has 0 spiro atoms. The average Bonchev–Trinajstić information content (AvgIpc) is 2.55. The predicted octanol–water partition coefficient (Wildman–Crippen LogP) is 3.58. The summed E-state index contributed by atoms with van der Waals surface area (Å²) in [5.74, 6) is 0.559. The van der Waals surface area contributed by atoms with Gasteiger partial charge in [0.2, 0.25) is 11.5 Å². The van der Waals surface area contributed by atoms with Crippen LogP contribution >= 0.6 is 0 Å². The largest absolute Gasteiger partial charge is 0.380 e. The number of methoxy groups -OCH3 is 1. The predicted molar refractivity (Wildman–Crippen MR) is 95.1 cm³/mol. The topological polar surface area (TPSA) is 71.2 Å². The number of fused-ring (bicyclic) bond motifs is 1. The highest BCUT2D eigenvalue weighted by molar-refractivity contribution is 5.94. The molecule has 0 radical (unpaired) electrons. The Bertz CT molecular complexity index is 776. The van der Waals surface area contributed by atoms with Gasteiger partial charge < -0.3 is 15.0 Å². The summed E-state index contributed by atoms with van der Waals surface area (Å²) in [6.07, 6.45) is 6.64. The molecule has 128 valence electrons. The van der Waals surface area contributed by atoms with Gasteiger partial charge in [0.05, 0.1) is 12.1 Å². The molecule has 1 aromatic heterocycles. The SMILES string of the molecule is COCc1cc(=O)[nH]c2cc(NC(=O)CC3CCCCC3)ccc12. The minimum atomic E-state index is -0.166. The quantitative estimate of drug-likeness (QED) is 0.881. The van der Waals surface area contributed by atoms with Crippen LogP contribution in [0.15, 0.2) is 29.1 Å². The van der Waals surface area contributed by atoms with Gasteiger partial charge in [-0.25, -0.2) is 0 Å². The third-order valence-corrected chi connectivity index (χ3v) is 4.71. The molecular weight excluding hydrogens is 304 g/mol. The number of H-pyrrole nitrogens is 1. The van der Waals surface area contributed by atoms with Crippen molar-refractivity contribution in [2.45, 2.75) is 45.1 Å². The van der Waals surface area contributed by atoms with Crippen LogP contribution in [-0.4, -0.2) is 18.0 Å². The Morgan fingerprint density at radius 2 is 2.04 bits per heavy atom. The lowest BCUT2D eigenvalue weighted by atomic mass is 9.87. The molecule has 0 aliphatic heterocycles. The normalized spacial score (nSPS) is 15.5. The Hall–Kier alpha value is -2.14. The summed E-state index contributed by atoms with van der Waals surface area (Å²) in [4.78, 5) is 26.8. The average molecular weight is 328 g/mol. The Balaban J connectivity index is 1.75. The van der Waals surface area contributed by atoms with Crippen LogP contribution in [0.3, 0.4) is 0 Å². The smallest absolute Gasteiger partial charge is 0.248 e. The van der Waals surface area contributed by atoms with E-state index >= 15 is 0 Å². The number of amides is 1. The second-order valence-corrected chi connectivity index (χ2v) is 6.61. The summed E-state index contributed by atoms with van der Waals surface area (Å²) in [5.41, 5.74) is 2.11. The number of hydrogen-bond acceptors (Lipinski definition) is 3. The molecule has 2 N–H and O–H groups in total. The molecule has 1 amide bonds. The van der Waals surface area contributed by atoms with E-state index in [-0.39, 0.29) is 11.5 Å². The maximum atomic E-state index is 12.3. The van der Waals surface area contributed by atoms with Crippen molar-refractivity contribution >= 4 is 22.5 Å². The molecule has 0 saturated heterocycles. The summed E-state index contributed by atoms with van der Waals surface area (Å²) >= 11 is 0. The molecule has 5 nitrogen and oxygen atoms in total. The standard InChI is InChI=1S/C19H24N2O3/c1-24-12-14-10-19(23)21-17-11-15(7-8-16(14)17)20-18(22)9-13-5-3-2-4-6-13/h7-8,10-11,13H,2-6,9,12H2,1H3,(H,20,22)(H,21,23). The number of pyridine rings is 1. The lowest BCUT2D eigenvalue weighted by molar-refractivity contribution is -0.117. The van der Waals surface area contributed by atoms with Gasteiger partial charge in [0, 0.05) is 30.7 Å². The maximum Gasteiger partial charge on any atom is 0.248 e. The number of nitrogens with one attached hydrogen (secondary N) is 2. The number of anilines is 1. The van der Waals surface area contributed by atoms with Gasteiger partial charge in [0.1, 0.15) is 0 Å². The molecule has 0 bridgehead atoms. The molecular formula is C19H24N2O3. The zero-order chi connectivity index (χ0) is 16.9. The van der Waals surface area contributed by atoms with Gasteiger partial charge in [-0.3, -0.25) is 9.59 Å². The lowest BCUT2D eigenvalue weighted by Crippen LogP contribution is -2.18. The number of rotatable bonds is 5. The Labute approximate surface area is 141 Å². The van der Waals surface area contributed by atoms with Gasteiger partial charge in [0.25, 0.3) is 0 Å². The summed E-state index contributed by atoms with van der Waals surface area (Å²) < 4.78 is 5.15. The zero-order valence-electron chi connectivity index (χ0n) is 14.1. The van der Waals surface area contributed by atoms with E-state index in [1.807, 2.05) is 18.2 Å². The van der Waals surface area contributed by atoms with Crippen LogP contribution in [0.4, 0.5) is 5.69 Å². The number of carbonyl (C=O) groups is 1. The first-order chi connectivity index (χ1) is 11.7. The zero-order valence-corrected chi connectivity index (χ0v) is 14.1. The van der Waals surface area contributed by atoms with Gasteiger partial charge in [-0.05, 0) is 36.5 Å². The second-order valence-electron chi connectivity index (χ2n) is 6.61. The molecule has 1 aromatic carbocycles. The van der Waals surface area contributed by atoms with E-state index < -0.39 is 0 Å². The van der Waals surface area contributed by atoms with Gasteiger partial charge in [-0.1, -0.05) is 25.3 Å². The maximum absolute atomic E-state index is 12.3. The molecule has 1 saturated carbocycles. The molecule has 3 rings (SSSR count). The van der Waals surface area contributed by atoms with Crippen LogP contribution in [0.2, 0.25) is 0 Å². The first-order valence-electron chi connectivity index (χ1n) is 8.60. The fourth-order valence-corrected chi connectivity index (χ4v) is 3.55.